The van der Waals surface area contributed by atoms with Gasteiger partial charge in [0.25, 0.3) is 5.91 Å². The van der Waals surface area contributed by atoms with Crippen molar-refractivity contribution in [2.75, 3.05) is 31.1 Å². The van der Waals surface area contributed by atoms with Gasteiger partial charge in [-0.15, -0.1) is 11.3 Å². The molecule has 0 saturated heterocycles. The number of carbonyl (C=O) groups excluding carboxylic acids is 1. The smallest absolute Gasteiger partial charge is 0.263 e. The average Bonchev–Trinajstić information content (AvgIpc) is 2.78. The number of hydrogen-bond acceptors (Lipinski definition) is 4. The van der Waals surface area contributed by atoms with E-state index >= 15 is 0 Å². The number of ether oxygens (including phenoxy) is 1. The number of carbonyl (C=O) groups is 1. The van der Waals surface area contributed by atoms with Crippen LogP contribution in [-0.4, -0.2) is 32.1 Å². The summed E-state index contributed by atoms with van der Waals surface area (Å²) in [6, 6.07) is 6.09. The molecule has 1 amide bonds. The molecule has 1 aromatic heterocycles. The molecule has 0 spiro atoms. The van der Waals surface area contributed by atoms with Crippen molar-refractivity contribution in [3.63, 3.8) is 0 Å². The average molecular weight is 304 g/mol. The Morgan fingerprint density at radius 3 is 3.00 bits per heavy atom. The van der Waals surface area contributed by atoms with Crippen molar-refractivity contribution < 1.29 is 9.53 Å². The molecule has 2 aromatic rings. The van der Waals surface area contributed by atoms with Gasteiger partial charge in [0.2, 0.25) is 0 Å². The van der Waals surface area contributed by atoms with Gasteiger partial charge in [-0.25, -0.2) is 0 Å². The van der Waals surface area contributed by atoms with Crippen LogP contribution >= 0.6 is 11.3 Å². The van der Waals surface area contributed by atoms with E-state index in [9.17, 15) is 4.79 Å². The number of rotatable bonds is 4. The molecule has 4 nitrogen and oxygen atoms in total. The first-order chi connectivity index (χ1) is 10.2. The number of hydrogen-bond donors (Lipinski definition) is 1. The van der Waals surface area contributed by atoms with Crippen LogP contribution in [0.15, 0.2) is 18.2 Å². The SMILES string of the molecule is CCCN1CCNC(=O)c2sc3ccc(OCC)cc3c21. The minimum Gasteiger partial charge on any atom is -0.494 e. The summed E-state index contributed by atoms with van der Waals surface area (Å²) in [4.78, 5) is 15.4. The lowest BCUT2D eigenvalue weighted by Gasteiger charge is -2.22. The highest BCUT2D eigenvalue weighted by molar-refractivity contribution is 7.21. The van der Waals surface area contributed by atoms with Crippen LogP contribution in [-0.2, 0) is 0 Å². The summed E-state index contributed by atoms with van der Waals surface area (Å²) < 4.78 is 6.75. The molecular formula is C16H20N2O2S. The van der Waals surface area contributed by atoms with Gasteiger partial charge in [0, 0.05) is 29.7 Å². The summed E-state index contributed by atoms with van der Waals surface area (Å²) in [5.74, 6) is 0.912. The lowest BCUT2D eigenvalue weighted by atomic mass is 10.2. The van der Waals surface area contributed by atoms with Crippen LogP contribution in [0.4, 0.5) is 5.69 Å². The van der Waals surface area contributed by atoms with E-state index in [4.69, 9.17) is 4.74 Å². The fourth-order valence-electron chi connectivity index (χ4n) is 2.78. The van der Waals surface area contributed by atoms with E-state index in [0.717, 1.165) is 45.9 Å². The number of anilines is 1. The van der Waals surface area contributed by atoms with Crippen LogP contribution in [0.2, 0.25) is 0 Å². The first kappa shape index (κ1) is 14.2. The molecule has 0 unspecified atom stereocenters. The van der Waals surface area contributed by atoms with Crippen molar-refractivity contribution in [1.82, 2.24) is 5.32 Å². The van der Waals surface area contributed by atoms with E-state index in [2.05, 4.69) is 29.3 Å². The monoisotopic (exact) mass is 304 g/mol. The maximum Gasteiger partial charge on any atom is 0.263 e. The third-order valence-corrected chi connectivity index (χ3v) is 4.79. The van der Waals surface area contributed by atoms with Crippen molar-refractivity contribution >= 4 is 33.0 Å². The number of nitrogens with zero attached hydrogens (tertiary/aromatic N) is 1. The first-order valence-corrected chi connectivity index (χ1v) is 8.28. The van der Waals surface area contributed by atoms with Gasteiger partial charge in [-0.05, 0) is 31.5 Å². The van der Waals surface area contributed by atoms with Gasteiger partial charge >= 0.3 is 0 Å². The zero-order chi connectivity index (χ0) is 14.8. The van der Waals surface area contributed by atoms with E-state index in [1.165, 1.54) is 0 Å². The fraction of sp³-hybridized carbons (Fsp3) is 0.438. The predicted octanol–water partition coefficient (Wildman–Crippen LogP) is 3.26. The second-order valence-electron chi connectivity index (χ2n) is 5.11. The highest BCUT2D eigenvalue weighted by atomic mass is 32.1. The maximum absolute atomic E-state index is 12.3. The highest BCUT2D eigenvalue weighted by Crippen LogP contribution is 2.40. The van der Waals surface area contributed by atoms with Gasteiger partial charge in [0.1, 0.15) is 10.6 Å². The number of amides is 1. The van der Waals surface area contributed by atoms with E-state index in [-0.39, 0.29) is 5.91 Å². The van der Waals surface area contributed by atoms with Gasteiger partial charge < -0.3 is 15.0 Å². The van der Waals surface area contributed by atoms with Crippen molar-refractivity contribution in [3.8, 4) is 5.75 Å². The molecule has 0 aliphatic carbocycles. The van der Waals surface area contributed by atoms with Gasteiger partial charge in [-0.1, -0.05) is 6.92 Å². The molecule has 0 bridgehead atoms. The van der Waals surface area contributed by atoms with Crippen LogP contribution in [0.1, 0.15) is 29.9 Å². The van der Waals surface area contributed by atoms with Crippen LogP contribution in [0.25, 0.3) is 10.1 Å². The lowest BCUT2D eigenvalue weighted by Crippen LogP contribution is -2.30. The Kier molecular flexibility index (Phi) is 4.01. The third-order valence-electron chi connectivity index (χ3n) is 3.63. The molecule has 5 heteroatoms. The predicted molar refractivity (Wildman–Crippen MR) is 87.8 cm³/mol. The molecule has 3 rings (SSSR count). The largest absolute Gasteiger partial charge is 0.494 e. The minimum absolute atomic E-state index is 0.0442. The minimum atomic E-state index is 0.0442. The van der Waals surface area contributed by atoms with Crippen LogP contribution in [0.3, 0.4) is 0 Å². The van der Waals surface area contributed by atoms with Gasteiger partial charge in [-0.3, -0.25) is 4.79 Å². The zero-order valence-electron chi connectivity index (χ0n) is 12.4. The van der Waals surface area contributed by atoms with Crippen LogP contribution < -0.4 is 15.0 Å². The molecule has 1 N–H and O–H groups in total. The zero-order valence-corrected chi connectivity index (χ0v) is 13.3. The Bertz CT molecular complexity index is 666. The summed E-state index contributed by atoms with van der Waals surface area (Å²) in [5.41, 5.74) is 1.08. The Hall–Kier alpha value is -1.75. The van der Waals surface area contributed by atoms with Gasteiger partial charge in [0.15, 0.2) is 0 Å². The normalized spacial score (nSPS) is 14.8. The van der Waals surface area contributed by atoms with Gasteiger partial charge in [-0.2, -0.15) is 0 Å². The molecule has 0 fully saturated rings. The van der Waals surface area contributed by atoms with Crippen LogP contribution in [0.5, 0.6) is 5.75 Å². The highest BCUT2D eigenvalue weighted by Gasteiger charge is 2.25. The lowest BCUT2D eigenvalue weighted by molar-refractivity contribution is 0.0962. The summed E-state index contributed by atoms with van der Waals surface area (Å²) >= 11 is 1.57. The second kappa shape index (κ2) is 5.93. The van der Waals surface area contributed by atoms with Crippen molar-refractivity contribution in [2.24, 2.45) is 0 Å². The first-order valence-electron chi connectivity index (χ1n) is 7.47. The molecule has 0 radical (unpaired) electrons. The Balaban J connectivity index is 2.17. The Morgan fingerprint density at radius 2 is 2.24 bits per heavy atom. The topological polar surface area (TPSA) is 41.6 Å². The fourth-order valence-corrected chi connectivity index (χ4v) is 3.90. The molecule has 1 aliphatic rings. The van der Waals surface area contributed by atoms with E-state index in [1.807, 2.05) is 13.0 Å². The van der Waals surface area contributed by atoms with E-state index in [1.54, 1.807) is 11.3 Å². The van der Waals surface area contributed by atoms with E-state index in [0.29, 0.717) is 13.2 Å². The van der Waals surface area contributed by atoms with Crippen molar-refractivity contribution in [1.29, 1.82) is 0 Å². The van der Waals surface area contributed by atoms with Gasteiger partial charge in [0.05, 0.1) is 12.3 Å². The summed E-state index contributed by atoms with van der Waals surface area (Å²) in [6.07, 6.45) is 1.07. The third kappa shape index (κ3) is 2.58. The summed E-state index contributed by atoms with van der Waals surface area (Å²) in [7, 11) is 0. The molecular weight excluding hydrogens is 284 g/mol. The summed E-state index contributed by atoms with van der Waals surface area (Å²) in [6.45, 7) is 7.32. The molecule has 2 heterocycles. The summed E-state index contributed by atoms with van der Waals surface area (Å²) in [5, 5.41) is 4.12. The Labute approximate surface area is 128 Å². The molecule has 21 heavy (non-hydrogen) atoms. The molecule has 112 valence electrons. The van der Waals surface area contributed by atoms with Crippen molar-refractivity contribution in [3.05, 3.63) is 23.1 Å². The molecule has 0 atom stereocenters. The molecule has 1 aliphatic heterocycles. The van der Waals surface area contributed by atoms with E-state index < -0.39 is 0 Å². The molecule has 0 saturated carbocycles. The van der Waals surface area contributed by atoms with Crippen molar-refractivity contribution in [2.45, 2.75) is 20.3 Å². The molecule has 1 aromatic carbocycles. The number of benzene rings is 1. The standard InChI is InChI=1S/C16H20N2O2S/c1-3-8-18-9-7-17-16(19)15-14(18)12-10-11(20-4-2)5-6-13(12)21-15/h5-6,10H,3-4,7-9H2,1-2H3,(H,17,19). The second-order valence-corrected chi connectivity index (χ2v) is 6.17. The maximum atomic E-state index is 12.3. The van der Waals surface area contributed by atoms with Crippen LogP contribution in [0, 0.1) is 0 Å². The number of nitrogens with one attached hydrogen (secondary N) is 1. The quantitative estimate of drug-likeness (QED) is 0.942. The number of thiophene rings is 1. The number of fused-ring (bicyclic) bond motifs is 3. The Morgan fingerprint density at radius 1 is 1.38 bits per heavy atom.